The molecule has 0 amide bonds. The lowest BCUT2D eigenvalue weighted by Crippen LogP contribution is -2.17. The standard InChI is InChI=1S/C15H17NO2/c1-11-9-13(10-17)15(18)14(16-11)8-7-12-5-3-2-4-6-12/h2-6,9,17-18H,7-8,10H2,1H3/p+1. The number of hydrogen-bond acceptors (Lipinski definition) is 2. The van der Waals surface area contributed by atoms with Gasteiger partial charge in [0.15, 0.2) is 11.4 Å². The van der Waals surface area contributed by atoms with Crippen LogP contribution >= 0.6 is 0 Å². The second kappa shape index (κ2) is 5.65. The van der Waals surface area contributed by atoms with Gasteiger partial charge >= 0.3 is 0 Å². The lowest BCUT2D eigenvalue weighted by atomic mass is 10.1. The molecule has 0 aliphatic carbocycles. The molecule has 18 heavy (non-hydrogen) atoms. The van der Waals surface area contributed by atoms with Crippen LogP contribution in [0.2, 0.25) is 0 Å². The largest absolute Gasteiger partial charge is 0.502 e. The highest BCUT2D eigenvalue weighted by molar-refractivity contribution is 5.34. The van der Waals surface area contributed by atoms with Crippen molar-refractivity contribution in [1.29, 1.82) is 0 Å². The van der Waals surface area contributed by atoms with E-state index in [0.717, 1.165) is 24.2 Å². The summed E-state index contributed by atoms with van der Waals surface area (Å²) < 4.78 is 0. The third-order valence-corrected chi connectivity index (χ3v) is 3.01. The molecular formula is C15H18NO2+. The predicted octanol–water partition coefficient (Wildman–Crippen LogP) is 1.79. The zero-order valence-electron chi connectivity index (χ0n) is 10.5. The van der Waals surface area contributed by atoms with Crippen molar-refractivity contribution in [3.63, 3.8) is 0 Å². The van der Waals surface area contributed by atoms with Crippen LogP contribution in [0.4, 0.5) is 0 Å². The molecule has 3 heteroatoms. The third kappa shape index (κ3) is 2.87. The zero-order chi connectivity index (χ0) is 13.0. The molecule has 1 aromatic heterocycles. The highest BCUT2D eigenvalue weighted by atomic mass is 16.3. The Hall–Kier alpha value is -1.87. The molecule has 0 fully saturated rings. The Morgan fingerprint density at radius 3 is 2.50 bits per heavy atom. The molecule has 2 rings (SSSR count). The first-order chi connectivity index (χ1) is 8.70. The monoisotopic (exact) mass is 244 g/mol. The van der Waals surface area contributed by atoms with Crippen molar-refractivity contribution in [2.45, 2.75) is 26.4 Å². The van der Waals surface area contributed by atoms with E-state index in [1.165, 1.54) is 5.56 Å². The van der Waals surface area contributed by atoms with Gasteiger partial charge in [0.2, 0.25) is 5.69 Å². The SMILES string of the molecule is Cc1cc(CO)c(O)c(CCc2ccccc2)[nH+]1. The van der Waals surface area contributed by atoms with E-state index in [4.69, 9.17) is 0 Å². The average molecular weight is 244 g/mol. The van der Waals surface area contributed by atoms with E-state index in [1.807, 2.05) is 25.1 Å². The Morgan fingerprint density at radius 2 is 1.83 bits per heavy atom. The van der Waals surface area contributed by atoms with Gasteiger partial charge in [0.1, 0.15) is 0 Å². The number of aromatic amines is 1. The van der Waals surface area contributed by atoms with Crippen LogP contribution in [0.15, 0.2) is 36.4 Å². The number of aliphatic hydroxyl groups excluding tert-OH is 1. The van der Waals surface area contributed by atoms with Crippen LogP contribution < -0.4 is 4.98 Å². The van der Waals surface area contributed by atoms with Gasteiger partial charge in [0.25, 0.3) is 0 Å². The van der Waals surface area contributed by atoms with Crippen LogP contribution in [0.3, 0.4) is 0 Å². The Balaban J connectivity index is 2.17. The van der Waals surface area contributed by atoms with Crippen LogP contribution in [0.5, 0.6) is 5.75 Å². The summed E-state index contributed by atoms with van der Waals surface area (Å²) in [6, 6.07) is 11.9. The summed E-state index contributed by atoms with van der Waals surface area (Å²) in [5.74, 6) is 0.180. The Morgan fingerprint density at radius 1 is 1.11 bits per heavy atom. The van der Waals surface area contributed by atoms with E-state index < -0.39 is 0 Å². The van der Waals surface area contributed by atoms with Gasteiger partial charge in [-0.15, -0.1) is 0 Å². The number of benzene rings is 1. The first-order valence-corrected chi connectivity index (χ1v) is 6.09. The molecule has 0 spiro atoms. The van der Waals surface area contributed by atoms with Crippen molar-refractivity contribution in [2.24, 2.45) is 0 Å². The number of hydrogen-bond donors (Lipinski definition) is 2. The molecule has 0 radical (unpaired) electrons. The van der Waals surface area contributed by atoms with Gasteiger partial charge in [-0.2, -0.15) is 0 Å². The molecule has 0 saturated heterocycles. The maximum Gasteiger partial charge on any atom is 0.222 e. The zero-order valence-corrected chi connectivity index (χ0v) is 10.5. The quantitative estimate of drug-likeness (QED) is 0.861. The summed E-state index contributed by atoms with van der Waals surface area (Å²) in [5.41, 5.74) is 3.54. The van der Waals surface area contributed by atoms with E-state index in [9.17, 15) is 10.2 Å². The topological polar surface area (TPSA) is 54.6 Å². The van der Waals surface area contributed by atoms with Gasteiger partial charge in [-0.05, 0) is 12.0 Å². The molecule has 3 nitrogen and oxygen atoms in total. The van der Waals surface area contributed by atoms with E-state index in [2.05, 4.69) is 17.1 Å². The normalized spacial score (nSPS) is 10.6. The van der Waals surface area contributed by atoms with Crippen LogP contribution in [0.1, 0.15) is 22.5 Å². The third-order valence-electron chi connectivity index (χ3n) is 3.01. The lowest BCUT2D eigenvalue weighted by molar-refractivity contribution is -0.400. The smallest absolute Gasteiger partial charge is 0.222 e. The Kier molecular flexibility index (Phi) is 3.95. The van der Waals surface area contributed by atoms with Gasteiger partial charge in [-0.3, -0.25) is 0 Å². The number of rotatable bonds is 4. The summed E-state index contributed by atoms with van der Waals surface area (Å²) >= 11 is 0. The predicted molar refractivity (Wildman–Crippen MR) is 69.2 cm³/mol. The van der Waals surface area contributed by atoms with Crippen molar-refractivity contribution >= 4 is 0 Å². The average Bonchev–Trinajstić information content (AvgIpc) is 2.40. The van der Waals surface area contributed by atoms with Gasteiger partial charge in [0, 0.05) is 25.0 Å². The minimum atomic E-state index is -0.139. The van der Waals surface area contributed by atoms with E-state index in [-0.39, 0.29) is 12.4 Å². The summed E-state index contributed by atoms with van der Waals surface area (Å²) in [4.78, 5) is 3.16. The Bertz CT molecular complexity index is 524. The molecule has 1 heterocycles. The molecule has 0 atom stereocenters. The number of aryl methyl sites for hydroxylation is 3. The van der Waals surface area contributed by atoms with E-state index in [1.54, 1.807) is 6.07 Å². The number of aliphatic hydroxyl groups is 1. The molecule has 94 valence electrons. The summed E-state index contributed by atoms with van der Waals surface area (Å²) in [6.45, 7) is 1.78. The lowest BCUT2D eigenvalue weighted by Gasteiger charge is -2.04. The van der Waals surface area contributed by atoms with Crippen LogP contribution in [0, 0.1) is 6.92 Å². The molecule has 0 aliphatic rings. The molecule has 0 bridgehead atoms. The first-order valence-electron chi connectivity index (χ1n) is 6.09. The van der Waals surface area contributed by atoms with Crippen LogP contribution in [0.25, 0.3) is 0 Å². The molecule has 1 aromatic carbocycles. The Labute approximate surface area is 107 Å². The van der Waals surface area contributed by atoms with Gasteiger partial charge in [-0.25, -0.2) is 4.98 Å². The van der Waals surface area contributed by atoms with Crippen molar-refractivity contribution in [2.75, 3.05) is 0 Å². The fourth-order valence-electron chi connectivity index (χ4n) is 2.07. The molecular weight excluding hydrogens is 226 g/mol. The number of H-pyrrole nitrogens is 1. The molecule has 3 N–H and O–H groups in total. The number of pyridine rings is 1. The highest BCUT2D eigenvalue weighted by Crippen LogP contribution is 2.20. The number of aromatic nitrogens is 1. The minimum Gasteiger partial charge on any atom is -0.502 e. The summed E-state index contributed by atoms with van der Waals surface area (Å²) in [5, 5.41) is 19.2. The van der Waals surface area contributed by atoms with Gasteiger partial charge in [0.05, 0.1) is 6.61 Å². The molecule has 0 unspecified atom stereocenters. The second-order valence-electron chi connectivity index (χ2n) is 4.45. The number of aromatic hydroxyl groups is 1. The van der Waals surface area contributed by atoms with Crippen molar-refractivity contribution in [1.82, 2.24) is 0 Å². The summed E-state index contributed by atoms with van der Waals surface area (Å²) in [6.07, 6.45) is 1.59. The van der Waals surface area contributed by atoms with Crippen molar-refractivity contribution < 1.29 is 15.2 Å². The maximum atomic E-state index is 10.0. The van der Waals surface area contributed by atoms with Crippen LogP contribution in [-0.2, 0) is 19.4 Å². The minimum absolute atomic E-state index is 0.139. The summed E-state index contributed by atoms with van der Waals surface area (Å²) in [7, 11) is 0. The highest BCUT2D eigenvalue weighted by Gasteiger charge is 2.15. The van der Waals surface area contributed by atoms with Crippen LogP contribution in [-0.4, -0.2) is 10.2 Å². The van der Waals surface area contributed by atoms with Gasteiger partial charge in [-0.1, -0.05) is 30.3 Å². The van der Waals surface area contributed by atoms with Crippen molar-refractivity contribution in [3.05, 3.63) is 58.9 Å². The molecule has 0 aliphatic heterocycles. The first kappa shape index (κ1) is 12.6. The number of nitrogens with one attached hydrogen (secondary N) is 1. The van der Waals surface area contributed by atoms with E-state index in [0.29, 0.717) is 5.56 Å². The second-order valence-corrected chi connectivity index (χ2v) is 4.45. The van der Waals surface area contributed by atoms with Gasteiger partial charge < -0.3 is 10.2 Å². The fraction of sp³-hybridized carbons (Fsp3) is 0.267. The maximum absolute atomic E-state index is 10.0. The molecule has 2 aromatic rings. The fourth-order valence-corrected chi connectivity index (χ4v) is 2.07. The molecule has 0 saturated carbocycles. The van der Waals surface area contributed by atoms with Crippen molar-refractivity contribution in [3.8, 4) is 5.75 Å². The van der Waals surface area contributed by atoms with E-state index >= 15 is 0 Å².